The van der Waals surface area contributed by atoms with E-state index in [1.807, 2.05) is 25.1 Å². The lowest BCUT2D eigenvalue weighted by molar-refractivity contribution is -0.122. The average molecular weight is 267 g/mol. The molecular formula is C14H19ClN2O. The zero-order valence-corrected chi connectivity index (χ0v) is 11.5. The molecule has 0 heterocycles. The Labute approximate surface area is 113 Å². The van der Waals surface area contributed by atoms with Gasteiger partial charge in [0.25, 0.3) is 0 Å². The molecule has 1 fully saturated rings. The van der Waals surface area contributed by atoms with Crippen LogP contribution in [0.15, 0.2) is 24.3 Å². The maximum atomic E-state index is 11.4. The zero-order chi connectivity index (χ0) is 13.1. The van der Waals surface area contributed by atoms with Gasteiger partial charge in [0.1, 0.15) is 0 Å². The molecule has 1 aliphatic rings. The molecule has 1 atom stereocenters. The Morgan fingerprint density at radius 2 is 2.17 bits per heavy atom. The van der Waals surface area contributed by atoms with Crippen molar-refractivity contribution in [3.8, 4) is 0 Å². The molecule has 2 rings (SSSR count). The molecule has 0 saturated heterocycles. The van der Waals surface area contributed by atoms with Crippen molar-refractivity contribution < 1.29 is 4.79 Å². The highest BCUT2D eigenvalue weighted by molar-refractivity contribution is 6.30. The van der Waals surface area contributed by atoms with Gasteiger partial charge >= 0.3 is 0 Å². The Bertz CT molecular complexity index is 430. The molecule has 1 unspecified atom stereocenters. The van der Waals surface area contributed by atoms with Crippen LogP contribution in [0.5, 0.6) is 0 Å². The SMILES string of the molecule is CNC(=O)C(C)NC1CC(c2cccc(Cl)c2)C1. The van der Waals surface area contributed by atoms with Gasteiger partial charge in [-0.25, -0.2) is 0 Å². The van der Waals surface area contributed by atoms with Crippen LogP contribution < -0.4 is 10.6 Å². The molecule has 1 aromatic rings. The molecule has 0 aromatic heterocycles. The van der Waals surface area contributed by atoms with Crippen LogP contribution in [0.3, 0.4) is 0 Å². The van der Waals surface area contributed by atoms with E-state index in [-0.39, 0.29) is 11.9 Å². The molecule has 1 aromatic carbocycles. The summed E-state index contributed by atoms with van der Waals surface area (Å²) < 4.78 is 0. The molecule has 0 radical (unpaired) electrons. The first-order valence-corrected chi connectivity index (χ1v) is 6.71. The molecule has 3 nitrogen and oxygen atoms in total. The Balaban J connectivity index is 1.82. The quantitative estimate of drug-likeness (QED) is 0.878. The highest BCUT2D eigenvalue weighted by Crippen LogP contribution is 2.37. The Hall–Kier alpha value is -1.06. The van der Waals surface area contributed by atoms with Gasteiger partial charge in [-0.05, 0) is 43.4 Å². The second kappa shape index (κ2) is 5.72. The fraction of sp³-hybridized carbons (Fsp3) is 0.500. The van der Waals surface area contributed by atoms with Crippen LogP contribution in [0.25, 0.3) is 0 Å². The van der Waals surface area contributed by atoms with Crippen LogP contribution in [0.4, 0.5) is 0 Å². The highest BCUT2D eigenvalue weighted by atomic mass is 35.5. The number of nitrogens with one attached hydrogen (secondary N) is 2. The smallest absolute Gasteiger partial charge is 0.236 e. The fourth-order valence-corrected chi connectivity index (χ4v) is 2.63. The van der Waals surface area contributed by atoms with Gasteiger partial charge in [-0.15, -0.1) is 0 Å². The standard InChI is InChI=1S/C14H19ClN2O/c1-9(14(18)16-2)17-13-7-11(8-13)10-4-3-5-12(15)6-10/h3-6,9,11,13,17H,7-8H2,1-2H3,(H,16,18). The van der Waals surface area contributed by atoms with Crippen molar-refractivity contribution in [1.82, 2.24) is 10.6 Å². The molecule has 0 aliphatic heterocycles. The van der Waals surface area contributed by atoms with Crippen molar-refractivity contribution in [2.24, 2.45) is 0 Å². The average Bonchev–Trinajstić information content (AvgIpc) is 2.31. The lowest BCUT2D eigenvalue weighted by Crippen LogP contribution is -2.50. The lowest BCUT2D eigenvalue weighted by Gasteiger charge is -2.37. The van der Waals surface area contributed by atoms with Gasteiger partial charge in [-0.2, -0.15) is 0 Å². The van der Waals surface area contributed by atoms with E-state index in [1.165, 1.54) is 5.56 Å². The second-order valence-electron chi connectivity index (χ2n) is 4.92. The van der Waals surface area contributed by atoms with E-state index in [2.05, 4.69) is 16.7 Å². The first kappa shape index (κ1) is 13.4. The first-order chi connectivity index (χ1) is 8.60. The van der Waals surface area contributed by atoms with Gasteiger partial charge in [0, 0.05) is 18.1 Å². The topological polar surface area (TPSA) is 41.1 Å². The molecule has 0 bridgehead atoms. The third-order valence-corrected chi connectivity index (χ3v) is 3.82. The van der Waals surface area contributed by atoms with E-state index in [1.54, 1.807) is 7.05 Å². The molecule has 2 N–H and O–H groups in total. The summed E-state index contributed by atoms with van der Waals surface area (Å²) in [6, 6.07) is 8.35. The molecule has 4 heteroatoms. The van der Waals surface area contributed by atoms with Crippen LogP contribution >= 0.6 is 11.6 Å². The van der Waals surface area contributed by atoms with E-state index < -0.39 is 0 Å². The summed E-state index contributed by atoms with van der Waals surface area (Å²) in [6.45, 7) is 1.89. The number of hydrogen-bond acceptors (Lipinski definition) is 2. The van der Waals surface area contributed by atoms with Crippen molar-refractivity contribution in [3.63, 3.8) is 0 Å². The third-order valence-electron chi connectivity index (χ3n) is 3.58. The molecule has 1 saturated carbocycles. The minimum absolute atomic E-state index is 0.0428. The van der Waals surface area contributed by atoms with E-state index in [4.69, 9.17) is 11.6 Å². The summed E-state index contributed by atoms with van der Waals surface area (Å²) in [7, 11) is 1.66. The number of benzene rings is 1. The van der Waals surface area contributed by atoms with E-state index in [0.29, 0.717) is 12.0 Å². The van der Waals surface area contributed by atoms with Crippen molar-refractivity contribution in [2.75, 3.05) is 7.05 Å². The second-order valence-corrected chi connectivity index (χ2v) is 5.36. The maximum Gasteiger partial charge on any atom is 0.236 e. The van der Waals surface area contributed by atoms with Gasteiger partial charge in [-0.1, -0.05) is 23.7 Å². The van der Waals surface area contributed by atoms with Crippen molar-refractivity contribution in [1.29, 1.82) is 0 Å². The molecule has 18 heavy (non-hydrogen) atoms. The first-order valence-electron chi connectivity index (χ1n) is 6.33. The number of rotatable bonds is 4. The van der Waals surface area contributed by atoms with Gasteiger partial charge in [0.05, 0.1) is 6.04 Å². The number of likely N-dealkylation sites (N-methyl/N-ethyl adjacent to an activating group) is 1. The summed E-state index contributed by atoms with van der Waals surface area (Å²) in [4.78, 5) is 11.4. The van der Waals surface area contributed by atoms with E-state index in [0.717, 1.165) is 17.9 Å². The van der Waals surface area contributed by atoms with E-state index in [9.17, 15) is 4.79 Å². The predicted molar refractivity (Wildman–Crippen MR) is 73.9 cm³/mol. The van der Waals surface area contributed by atoms with Gasteiger partial charge in [0.2, 0.25) is 5.91 Å². The fourth-order valence-electron chi connectivity index (χ4n) is 2.43. The molecule has 0 spiro atoms. The van der Waals surface area contributed by atoms with Crippen LogP contribution in [0.2, 0.25) is 5.02 Å². The normalized spacial score (nSPS) is 24.2. The van der Waals surface area contributed by atoms with Crippen molar-refractivity contribution in [2.45, 2.75) is 37.8 Å². The Morgan fingerprint density at radius 3 is 2.78 bits per heavy atom. The van der Waals surface area contributed by atoms with Crippen molar-refractivity contribution >= 4 is 17.5 Å². The Kier molecular flexibility index (Phi) is 4.25. The van der Waals surface area contributed by atoms with Gasteiger partial charge < -0.3 is 10.6 Å². The van der Waals surface area contributed by atoms with Crippen LogP contribution in [-0.4, -0.2) is 25.0 Å². The molecule has 1 aliphatic carbocycles. The molecule has 1 amide bonds. The van der Waals surface area contributed by atoms with Gasteiger partial charge in [0.15, 0.2) is 0 Å². The molecule has 98 valence electrons. The van der Waals surface area contributed by atoms with Crippen molar-refractivity contribution in [3.05, 3.63) is 34.9 Å². The number of amides is 1. The third kappa shape index (κ3) is 3.03. The number of halogens is 1. The van der Waals surface area contributed by atoms with Crippen LogP contribution in [-0.2, 0) is 4.79 Å². The Morgan fingerprint density at radius 1 is 1.44 bits per heavy atom. The van der Waals surface area contributed by atoms with Crippen LogP contribution in [0.1, 0.15) is 31.2 Å². The largest absolute Gasteiger partial charge is 0.358 e. The van der Waals surface area contributed by atoms with Gasteiger partial charge in [-0.3, -0.25) is 4.79 Å². The monoisotopic (exact) mass is 266 g/mol. The summed E-state index contributed by atoms with van der Waals surface area (Å²) in [5.74, 6) is 0.610. The summed E-state index contributed by atoms with van der Waals surface area (Å²) in [6.07, 6.45) is 2.14. The lowest BCUT2D eigenvalue weighted by atomic mass is 9.75. The highest BCUT2D eigenvalue weighted by Gasteiger charge is 2.31. The number of carbonyl (C=O) groups excluding carboxylic acids is 1. The number of carbonyl (C=O) groups is 1. The summed E-state index contributed by atoms with van der Waals surface area (Å²) in [5, 5.41) is 6.78. The summed E-state index contributed by atoms with van der Waals surface area (Å²) >= 11 is 5.98. The number of hydrogen-bond donors (Lipinski definition) is 2. The van der Waals surface area contributed by atoms with E-state index >= 15 is 0 Å². The maximum absolute atomic E-state index is 11.4. The molecular weight excluding hydrogens is 248 g/mol. The zero-order valence-electron chi connectivity index (χ0n) is 10.7. The van der Waals surface area contributed by atoms with Crippen LogP contribution in [0, 0.1) is 0 Å². The predicted octanol–water partition coefficient (Wildman–Crippen LogP) is 2.31. The minimum Gasteiger partial charge on any atom is -0.358 e. The minimum atomic E-state index is -0.125. The summed E-state index contributed by atoms with van der Waals surface area (Å²) in [5.41, 5.74) is 1.30.